The quantitative estimate of drug-likeness (QED) is 0.562. The molecule has 1 unspecified atom stereocenters. The molecule has 5 heteroatoms. The van der Waals surface area contributed by atoms with Crippen molar-refractivity contribution >= 4 is 17.6 Å². The Morgan fingerprint density at radius 3 is 1.85 bits per heavy atom. The van der Waals surface area contributed by atoms with Crippen LogP contribution in [0.5, 0.6) is 0 Å². The minimum absolute atomic E-state index is 0.0806. The van der Waals surface area contributed by atoms with Gasteiger partial charge in [0.1, 0.15) is 6.04 Å². The molecule has 1 saturated heterocycles. The van der Waals surface area contributed by atoms with Gasteiger partial charge in [-0.25, -0.2) is 0 Å². The summed E-state index contributed by atoms with van der Waals surface area (Å²) in [5.41, 5.74) is 2.23. The van der Waals surface area contributed by atoms with Crippen molar-refractivity contribution in [3.05, 3.63) is 108 Å². The Balaban J connectivity index is 1.43. The van der Waals surface area contributed by atoms with Gasteiger partial charge in [0.25, 0.3) is 5.91 Å². The lowest BCUT2D eigenvalue weighted by Gasteiger charge is -2.34. The average molecular weight is 441 g/mol. The van der Waals surface area contributed by atoms with Gasteiger partial charge < -0.3 is 10.2 Å². The van der Waals surface area contributed by atoms with Crippen molar-refractivity contribution in [2.24, 2.45) is 5.92 Å². The van der Waals surface area contributed by atoms with Gasteiger partial charge in [0.2, 0.25) is 5.91 Å². The van der Waals surface area contributed by atoms with Gasteiger partial charge in [0.15, 0.2) is 5.78 Å². The molecule has 2 amide bonds. The van der Waals surface area contributed by atoms with Gasteiger partial charge in [-0.2, -0.15) is 0 Å². The first-order valence-corrected chi connectivity index (χ1v) is 11.4. The van der Waals surface area contributed by atoms with Crippen molar-refractivity contribution in [3.63, 3.8) is 0 Å². The van der Waals surface area contributed by atoms with E-state index in [0.717, 1.165) is 11.1 Å². The van der Waals surface area contributed by atoms with Crippen LogP contribution in [0.1, 0.15) is 39.1 Å². The molecule has 0 spiro atoms. The zero-order valence-electron chi connectivity index (χ0n) is 18.5. The van der Waals surface area contributed by atoms with Crippen molar-refractivity contribution in [3.8, 4) is 0 Å². The third-order valence-corrected chi connectivity index (χ3v) is 6.16. The van der Waals surface area contributed by atoms with Crippen LogP contribution in [-0.2, 0) is 11.2 Å². The van der Waals surface area contributed by atoms with Crippen LogP contribution in [0.2, 0.25) is 0 Å². The fraction of sp³-hybridized carbons (Fsp3) is 0.250. The largest absolute Gasteiger partial charge is 0.341 e. The zero-order chi connectivity index (χ0) is 23.0. The highest BCUT2D eigenvalue weighted by Crippen LogP contribution is 2.23. The van der Waals surface area contributed by atoms with Crippen molar-refractivity contribution in [1.82, 2.24) is 10.2 Å². The summed E-state index contributed by atoms with van der Waals surface area (Å²) in [7, 11) is 0. The first-order chi connectivity index (χ1) is 16.1. The number of hydrogen-bond donors (Lipinski definition) is 1. The molecular formula is C28H28N2O3. The van der Waals surface area contributed by atoms with Gasteiger partial charge in [-0.1, -0.05) is 78.9 Å². The van der Waals surface area contributed by atoms with E-state index in [4.69, 9.17) is 0 Å². The Bertz CT molecular complexity index is 1080. The second-order valence-corrected chi connectivity index (χ2v) is 8.41. The molecule has 0 aromatic heterocycles. The molecule has 0 saturated carbocycles. The first kappa shape index (κ1) is 22.5. The highest BCUT2D eigenvalue weighted by atomic mass is 16.2. The summed E-state index contributed by atoms with van der Waals surface area (Å²) in [6.45, 7) is 1.02. The van der Waals surface area contributed by atoms with Crippen molar-refractivity contribution in [2.45, 2.75) is 25.3 Å². The third-order valence-electron chi connectivity index (χ3n) is 6.16. The summed E-state index contributed by atoms with van der Waals surface area (Å²) in [5.74, 6) is -0.309. The number of nitrogens with one attached hydrogen (secondary N) is 1. The Hall–Kier alpha value is -3.73. The fourth-order valence-electron chi connectivity index (χ4n) is 4.30. The minimum Gasteiger partial charge on any atom is -0.341 e. The van der Waals surface area contributed by atoms with Gasteiger partial charge >= 0.3 is 0 Å². The molecule has 4 rings (SSSR count). The number of carbonyl (C=O) groups is 3. The Morgan fingerprint density at radius 1 is 0.758 bits per heavy atom. The number of benzene rings is 3. The first-order valence-electron chi connectivity index (χ1n) is 11.4. The third kappa shape index (κ3) is 5.75. The van der Waals surface area contributed by atoms with Gasteiger partial charge in [0.05, 0.1) is 0 Å². The molecule has 3 aromatic rings. The summed E-state index contributed by atoms with van der Waals surface area (Å²) >= 11 is 0. The topological polar surface area (TPSA) is 66.5 Å². The normalized spacial score (nSPS) is 15.0. The number of amides is 2. The fourth-order valence-corrected chi connectivity index (χ4v) is 4.30. The molecule has 5 nitrogen and oxygen atoms in total. The number of piperidine rings is 1. The average Bonchev–Trinajstić information content (AvgIpc) is 2.89. The number of likely N-dealkylation sites (tertiary alicyclic amines) is 1. The molecule has 1 fully saturated rings. The van der Waals surface area contributed by atoms with Crippen LogP contribution in [-0.4, -0.2) is 41.6 Å². The van der Waals surface area contributed by atoms with E-state index in [1.165, 1.54) is 0 Å². The van der Waals surface area contributed by atoms with E-state index >= 15 is 0 Å². The van der Waals surface area contributed by atoms with E-state index in [1.807, 2.05) is 66.7 Å². The smallest absolute Gasteiger partial charge is 0.251 e. The number of hydrogen-bond acceptors (Lipinski definition) is 3. The predicted molar refractivity (Wildman–Crippen MR) is 128 cm³/mol. The molecule has 0 bridgehead atoms. The van der Waals surface area contributed by atoms with Crippen LogP contribution in [0.15, 0.2) is 91.0 Å². The Labute approximate surface area is 194 Å². The molecule has 168 valence electrons. The summed E-state index contributed by atoms with van der Waals surface area (Å²) in [6.07, 6.45) is 1.68. The van der Waals surface area contributed by atoms with Crippen molar-refractivity contribution < 1.29 is 14.4 Å². The molecule has 33 heavy (non-hydrogen) atoms. The van der Waals surface area contributed by atoms with Gasteiger partial charge in [-0.05, 0) is 30.5 Å². The molecule has 1 heterocycles. The second kappa shape index (κ2) is 10.7. The number of rotatable bonds is 7. The molecule has 0 aliphatic carbocycles. The van der Waals surface area contributed by atoms with E-state index in [2.05, 4.69) is 5.32 Å². The molecule has 1 atom stereocenters. The maximum atomic E-state index is 13.4. The molecule has 1 aliphatic heterocycles. The maximum Gasteiger partial charge on any atom is 0.251 e. The van der Waals surface area contributed by atoms with E-state index in [-0.39, 0.29) is 23.5 Å². The SMILES string of the molecule is O=C(NC(Cc1ccccc1)C(=O)N1CCC(C(=O)c2ccccc2)CC1)c1ccccc1. The van der Waals surface area contributed by atoms with Crippen molar-refractivity contribution in [1.29, 1.82) is 0 Å². The molecule has 3 aromatic carbocycles. The van der Waals surface area contributed by atoms with Crippen LogP contribution < -0.4 is 5.32 Å². The monoisotopic (exact) mass is 440 g/mol. The highest BCUT2D eigenvalue weighted by Gasteiger charge is 2.32. The second-order valence-electron chi connectivity index (χ2n) is 8.41. The summed E-state index contributed by atoms with van der Waals surface area (Å²) in [5, 5.41) is 2.94. The van der Waals surface area contributed by atoms with Crippen LogP contribution in [0.3, 0.4) is 0 Å². The molecular weight excluding hydrogens is 412 g/mol. The molecule has 1 N–H and O–H groups in total. The van der Waals surface area contributed by atoms with E-state index in [0.29, 0.717) is 37.9 Å². The van der Waals surface area contributed by atoms with Crippen LogP contribution >= 0.6 is 0 Å². The van der Waals surface area contributed by atoms with E-state index in [9.17, 15) is 14.4 Å². The van der Waals surface area contributed by atoms with Gasteiger partial charge in [0, 0.05) is 36.6 Å². The number of carbonyl (C=O) groups excluding carboxylic acids is 3. The maximum absolute atomic E-state index is 13.4. The lowest BCUT2D eigenvalue weighted by molar-refractivity contribution is -0.134. The van der Waals surface area contributed by atoms with E-state index in [1.54, 1.807) is 29.2 Å². The van der Waals surface area contributed by atoms with Gasteiger partial charge in [-0.3, -0.25) is 14.4 Å². The summed E-state index contributed by atoms with van der Waals surface area (Å²) < 4.78 is 0. The Kier molecular flexibility index (Phi) is 7.30. The van der Waals surface area contributed by atoms with Crippen molar-refractivity contribution in [2.75, 3.05) is 13.1 Å². The Morgan fingerprint density at radius 2 is 1.27 bits per heavy atom. The van der Waals surface area contributed by atoms with Gasteiger partial charge in [-0.15, -0.1) is 0 Å². The van der Waals surface area contributed by atoms with Crippen LogP contribution in [0, 0.1) is 5.92 Å². The van der Waals surface area contributed by atoms with Crippen LogP contribution in [0.25, 0.3) is 0 Å². The van der Waals surface area contributed by atoms with E-state index < -0.39 is 6.04 Å². The lowest BCUT2D eigenvalue weighted by atomic mass is 9.88. The van der Waals surface area contributed by atoms with Crippen LogP contribution in [0.4, 0.5) is 0 Å². The minimum atomic E-state index is -0.665. The number of ketones is 1. The zero-order valence-corrected chi connectivity index (χ0v) is 18.5. The summed E-state index contributed by atoms with van der Waals surface area (Å²) in [4.78, 5) is 40.8. The standard InChI is InChI=1S/C28H28N2O3/c31-26(22-12-6-2-7-13-22)23-16-18-30(19-17-23)28(33)25(20-21-10-4-1-5-11-21)29-27(32)24-14-8-3-9-15-24/h1-15,23,25H,16-20H2,(H,29,32). The molecule has 1 aliphatic rings. The molecule has 0 radical (unpaired) electrons. The number of nitrogens with zero attached hydrogens (tertiary/aromatic N) is 1. The number of Topliss-reactive ketones (excluding diaryl/α,β-unsaturated/α-hetero) is 1. The summed E-state index contributed by atoms with van der Waals surface area (Å²) in [6, 6.07) is 27.3. The predicted octanol–water partition coefficient (Wildman–Crippen LogP) is 4.15. The highest BCUT2D eigenvalue weighted by molar-refractivity contribution is 5.99. The lowest BCUT2D eigenvalue weighted by Crippen LogP contribution is -2.52.